The van der Waals surface area contributed by atoms with Crippen LogP contribution >= 0.6 is 11.6 Å². The number of likely N-dealkylation sites (tertiary alicyclic amines) is 1. The first-order valence-electron chi connectivity index (χ1n) is 12.0. The van der Waals surface area contributed by atoms with E-state index in [9.17, 15) is 9.59 Å². The minimum Gasteiger partial charge on any atom is -0.466 e. The smallest absolute Gasteiger partial charge is 0.310 e. The van der Waals surface area contributed by atoms with Crippen LogP contribution in [-0.4, -0.2) is 53.7 Å². The van der Waals surface area contributed by atoms with Crippen molar-refractivity contribution in [3.05, 3.63) is 69.7 Å². The molecule has 0 radical (unpaired) electrons. The van der Waals surface area contributed by atoms with E-state index in [0.717, 1.165) is 41.8 Å². The zero-order chi connectivity index (χ0) is 24.2. The topological polar surface area (TPSA) is 62.2 Å². The van der Waals surface area contributed by atoms with Crippen LogP contribution in [-0.2, 0) is 14.3 Å². The maximum absolute atomic E-state index is 13.5. The number of piperidine rings is 1. The lowest BCUT2D eigenvalue weighted by Crippen LogP contribution is -2.44. The summed E-state index contributed by atoms with van der Waals surface area (Å²) >= 11 is 6.54. The average molecular weight is 482 g/mol. The molecule has 6 nitrogen and oxygen atoms in total. The lowest BCUT2D eigenvalue weighted by molar-refractivity contribution is -0.150. The molecule has 0 unspecified atom stereocenters. The van der Waals surface area contributed by atoms with Gasteiger partial charge in [0.15, 0.2) is 0 Å². The van der Waals surface area contributed by atoms with E-state index in [-0.39, 0.29) is 30.4 Å². The normalized spacial score (nSPS) is 20.8. The predicted molar refractivity (Wildman–Crippen MR) is 134 cm³/mol. The number of carbonyl (C=O) groups excluding carboxylic acids is 2. The molecule has 0 aliphatic carbocycles. The molecule has 1 amide bonds. The summed E-state index contributed by atoms with van der Waals surface area (Å²) in [6.07, 6.45) is 2.26. The molecule has 180 valence electrons. The molecule has 0 bridgehead atoms. The fourth-order valence-electron chi connectivity index (χ4n) is 4.94. The first-order valence-corrected chi connectivity index (χ1v) is 12.4. The first-order chi connectivity index (χ1) is 16.4. The van der Waals surface area contributed by atoms with Gasteiger partial charge in [-0.3, -0.25) is 14.5 Å². The molecule has 1 fully saturated rings. The second kappa shape index (κ2) is 10.7. The lowest BCUT2D eigenvalue weighted by Gasteiger charge is -2.32. The van der Waals surface area contributed by atoms with Crippen LogP contribution in [0.4, 0.5) is 0 Å². The van der Waals surface area contributed by atoms with E-state index in [1.807, 2.05) is 36.1 Å². The largest absolute Gasteiger partial charge is 0.466 e. The highest BCUT2D eigenvalue weighted by Gasteiger charge is 2.36. The minimum absolute atomic E-state index is 0.0887. The molecule has 2 heterocycles. The van der Waals surface area contributed by atoms with Crippen molar-refractivity contribution in [1.29, 1.82) is 0 Å². The Labute approximate surface area is 206 Å². The Morgan fingerprint density at radius 2 is 1.97 bits per heavy atom. The Hall–Kier alpha value is -2.70. The molecule has 7 heteroatoms. The molecule has 0 saturated carbocycles. The number of hydrogen-bond acceptors (Lipinski definition) is 5. The molecular formula is C27H32ClN3O3. The SMILES string of the molecule is CCOC(=O)[C@@H]1CCCN(CC(=O)N2N=C(c3ccc(C)cc3C)C[C@@H]2c2ccccc2Cl)C1. The quantitative estimate of drug-likeness (QED) is 0.550. The van der Waals surface area contributed by atoms with E-state index in [1.54, 1.807) is 5.01 Å². The maximum atomic E-state index is 13.5. The summed E-state index contributed by atoms with van der Waals surface area (Å²) in [5, 5.41) is 7.05. The van der Waals surface area contributed by atoms with Gasteiger partial charge in [-0.2, -0.15) is 5.10 Å². The average Bonchev–Trinajstić information content (AvgIpc) is 3.25. The third-order valence-corrected chi connectivity index (χ3v) is 6.95. The fraction of sp³-hybridized carbons (Fsp3) is 0.444. The van der Waals surface area contributed by atoms with Crippen LogP contribution in [0.25, 0.3) is 0 Å². The van der Waals surface area contributed by atoms with Crippen molar-refractivity contribution in [2.75, 3.05) is 26.2 Å². The molecule has 2 atom stereocenters. The number of amides is 1. The number of esters is 1. The van der Waals surface area contributed by atoms with Crippen molar-refractivity contribution in [2.45, 2.75) is 46.1 Å². The molecule has 0 spiro atoms. The van der Waals surface area contributed by atoms with Gasteiger partial charge in [0.2, 0.25) is 0 Å². The van der Waals surface area contributed by atoms with Crippen molar-refractivity contribution in [3.8, 4) is 0 Å². The molecule has 2 aromatic carbocycles. The second-order valence-corrected chi connectivity index (χ2v) is 9.58. The van der Waals surface area contributed by atoms with E-state index in [0.29, 0.717) is 24.6 Å². The van der Waals surface area contributed by atoms with Gasteiger partial charge in [0.05, 0.1) is 30.8 Å². The predicted octanol–water partition coefficient (Wildman–Crippen LogP) is 4.91. The number of aryl methyl sites for hydroxylation is 2. The molecule has 1 saturated heterocycles. The Balaban J connectivity index is 1.58. The number of halogens is 1. The molecule has 4 rings (SSSR count). The Morgan fingerprint density at radius 1 is 1.18 bits per heavy atom. The molecule has 2 aliphatic rings. The summed E-state index contributed by atoms with van der Waals surface area (Å²) in [4.78, 5) is 27.8. The van der Waals surface area contributed by atoms with E-state index in [1.165, 1.54) is 5.56 Å². The number of ether oxygens (including phenoxy) is 1. The van der Waals surface area contributed by atoms with Crippen molar-refractivity contribution in [2.24, 2.45) is 11.0 Å². The number of hydrogen-bond donors (Lipinski definition) is 0. The highest BCUT2D eigenvalue weighted by atomic mass is 35.5. The van der Waals surface area contributed by atoms with Crippen LogP contribution in [0.3, 0.4) is 0 Å². The summed E-state index contributed by atoms with van der Waals surface area (Å²) in [6, 6.07) is 13.7. The van der Waals surface area contributed by atoms with Crippen LogP contribution in [0.1, 0.15) is 54.5 Å². The van der Waals surface area contributed by atoms with Gasteiger partial charge in [0.25, 0.3) is 5.91 Å². The zero-order valence-corrected chi connectivity index (χ0v) is 20.8. The van der Waals surface area contributed by atoms with E-state index in [4.69, 9.17) is 21.4 Å². The summed E-state index contributed by atoms with van der Waals surface area (Å²) in [5.74, 6) is -0.451. The minimum atomic E-state index is -0.262. The number of nitrogens with zero attached hydrogens (tertiary/aromatic N) is 3. The molecular weight excluding hydrogens is 450 g/mol. The zero-order valence-electron chi connectivity index (χ0n) is 20.1. The number of carbonyl (C=O) groups is 2. The number of benzene rings is 2. The van der Waals surface area contributed by atoms with Gasteiger partial charge in [-0.15, -0.1) is 0 Å². The van der Waals surface area contributed by atoms with Gasteiger partial charge < -0.3 is 4.74 Å². The van der Waals surface area contributed by atoms with E-state index in [2.05, 4.69) is 32.0 Å². The summed E-state index contributed by atoms with van der Waals surface area (Å²) < 4.78 is 5.21. The third kappa shape index (κ3) is 5.34. The van der Waals surface area contributed by atoms with Crippen LogP contribution < -0.4 is 0 Å². The summed E-state index contributed by atoms with van der Waals surface area (Å²) in [5.41, 5.74) is 5.16. The van der Waals surface area contributed by atoms with Crippen molar-refractivity contribution in [1.82, 2.24) is 9.91 Å². The highest BCUT2D eigenvalue weighted by Crippen LogP contribution is 2.37. The van der Waals surface area contributed by atoms with Gasteiger partial charge in [-0.05, 0) is 57.4 Å². The summed E-state index contributed by atoms with van der Waals surface area (Å²) in [7, 11) is 0. The molecule has 34 heavy (non-hydrogen) atoms. The number of hydrazone groups is 1. The van der Waals surface area contributed by atoms with Crippen LogP contribution in [0.5, 0.6) is 0 Å². The summed E-state index contributed by atoms with van der Waals surface area (Å²) in [6.45, 7) is 7.84. The van der Waals surface area contributed by atoms with Gasteiger partial charge in [0.1, 0.15) is 0 Å². The molecule has 2 aliphatic heterocycles. The maximum Gasteiger partial charge on any atom is 0.310 e. The van der Waals surface area contributed by atoms with Crippen molar-refractivity contribution >= 4 is 29.2 Å². The second-order valence-electron chi connectivity index (χ2n) is 9.17. The third-order valence-electron chi connectivity index (χ3n) is 6.61. The molecule has 0 N–H and O–H groups in total. The molecule has 0 aromatic heterocycles. The molecule has 2 aromatic rings. The number of rotatable bonds is 6. The van der Waals surface area contributed by atoms with Crippen molar-refractivity contribution in [3.63, 3.8) is 0 Å². The van der Waals surface area contributed by atoms with Gasteiger partial charge >= 0.3 is 5.97 Å². The van der Waals surface area contributed by atoms with Gasteiger partial charge in [-0.25, -0.2) is 5.01 Å². The Morgan fingerprint density at radius 3 is 2.71 bits per heavy atom. The fourth-order valence-corrected chi connectivity index (χ4v) is 5.21. The Kier molecular flexibility index (Phi) is 7.69. The van der Waals surface area contributed by atoms with Crippen LogP contribution in [0, 0.1) is 19.8 Å². The monoisotopic (exact) mass is 481 g/mol. The van der Waals surface area contributed by atoms with E-state index >= 15 is 0 Å². The van der Waals surface area contributed by atoms with Gasteiger partial charge in [-0.1, -0.05) is 53.6 Å². The lowest BCUT2D eigenvalue weighted by atomic mass is 9.95. The van der Waals surface area contributed by atoms with Gasteiger partial charge in [0, 0.05) is 23.6 Å². The first kappa shape index (κ1) is 24.4. The van der Waals surface area contributed by atoms with Crippen LogP contribution in [0.2, 0.25) is 5.02 Å². The van der Waals surface area contributed by atoms with E-state index < -0.39 is 0 Å². The Bertz CT molecular complexity index is 1100. The van der Waals surface area contributed by atoms with Crippen LogP contribution in [0.15, 0.2) is 47.6 Å². The van der Waals surface area contributed by atoms with Crippen molar-refractivity contribution < 1.29 is 14.3 Å². The highest BCUT2D eigenvalue weighted by molar-refractivity contribution is 6.31. The standard InChI is InChI=1S/C27H32ClN3O3/c1-4-34-27(33)20-8-7-13-30(16-20)17-26(32)31-25(22-9-5-6-10-23(22)28)15-24(29-31)21-12-11-18(2)14-19(21)3/h5-6,9-12,14,20,25H,4,7-8,13,15-17H2,1-3H3/t20-,25-/m1/s1.